The van der Waals surface area contributed by atoms with Crippen LogP contribution in [0.4, 0.5) is 0 Å². The molecular formula is C15H23N3. The Kier molecular flexibility index (Phi) is 3.50. The van der Waals surface area contributed by atoms with Crippen molar-refractivity contribution in [1.82, 2.24) is 15.1 Å². The molecule has 0 aliphatic heterocycles. The van der Waals surface area contributed by atoms with Gasteiger partial charge in [-0.25, -0.2) is 0 Å². The van der Waals surface area contributed by atoms with Gasteiger partial charge in [-0.2, -0.15) is 5.10 Å². The first-order valence-corrected chi connectivity index (χ1v) is 7.19. The van der Waals surface area contributed by atoms with Crippen molar-refractivity contribution in [3.05, 3.63) is 30.1 Å². The maximum Gasteiger partial charge on any atom is 0.0518 e. The first kappa shape index (κ1) is 12.0. The lowest BCUT2D eigenvalue weighted by molar-refractivity contribution is 0.408. The van der Waals surface area contributed by atoms with Crippen LogP contribution in [-0.4, -0.2) is 22.9 Å². The van der Waals surface area contributed by atoms with Crippen LogP contribution in [0.5, 0.6) is 0 Å². The third-order valence-corrected chi connectivity index (χ3v) is 4.33. The van der Waals surface area contributed by atoms with Gasteiger partial charge in [-0.3, -0.25) is 4.68 Å². The fourth-order valence-electron chi connectivity index (χ4n) is 3.37. The first-order chi connectivity index (χ1) is 8.81. The molecule has 0 amide bonds. The van der Waals surface area contributed by atoms with Crippen LogP contribution < -0.4 is 5.32 Å². The number of fused-ring (bicyclic) bond motifs is 2. The molecule has 2 aliphatic rings. The summed E-state index contributed by atoms with van der Waals surface area (Å²) in [5.74, 6) is 2.66. The Labute approximate surface area is 109 Å². The topological polar surface area (TPSA) is 29.9 Å². The van der Waals surface area contributed by atoms with Gasteiger partial charge >= 0.3 is 0 Å². The summed E-state index contributed by atoms with van der Waals surface area (Å²) in [5.41, 5.74) is 1.25. The number of aromatic nitrogens is 2. The number of hydrogen-bond donors (Lipinski definition) is 1. The molecule has 2 bridgehead atoms. The highest BCUT2D eigenvalue weighted by Crippen LogP contribution is 2.42. The van der Waals surface area contributed by atoms with Crippen LogP contribution in [0.25, 0.3) is 0 Å². The van der Waals surface area contributed by atoms with Gasteiger partial charge in [0.2, 0.25) is 0 Å². The Morgan fingerprint density at radius 3 is 3.00 bits per heavy atom. The van der Waals surface area contributed by atoms with Gasteiger partial charge in [0.05, 0.1) is 6.20 Å². The number of aryl methyl sites for hydroxylation is 2. The second-order valence-corrected chi connectivity index (χ2v) is 5.88. The molecule has 1 saturated carbocycles. The molecule has 0 spiro atoms. The summed E-state index contributed by atoms with van der Waals surface area (Å²) in [6.45, 7) is 5.42. The van der Waals surface area contributed by atoms with Gasteiger partial charge in [-0.15, -0.1) is 0 Å². The maximum absolute atomic E-state index is 4.30. The normalized spacial score (nSPS) is 29.3. The highest BCUT2D eigenvalue weighted by atomic mass is 15.3. The minimum absolute atomic E-state index is 0.872. The molecule has 1 heterocycles. The minimum atomic E-state index is 0.872. The second kappa shape index (κ2) is 5.27. The van der Waals surface area contributed by atoms with E-state index in [-0.39, 0.29) is 0 Å². The molecule has 3 nitrogen and oxygen atoms in total. The van der Waals surface area contributed by atoms with E-state index in [9.17, 15) is 0 Å². The number of hydrogen-bond acceptors (Lipinski definition) is 2. The first-order valence-electron chi connectivity index (χ1n) is 7.19. The van der Waals surface area contributed by atoms with Gasteiger partial charge in [0.1, 0.15) is 0 Å². The lowest BCUT2D eigenvalue weighted by Gasteiger charge is -2.18. The minimum Gasteiger partial charge on any atom is -0.316 e. The number of nitrogens with one attached hydrogen (secondary N) is 1. The smallest absolute Gasteiger partial charge is 0.0518 e. The van der Waals surface area contributed by atoms with E-state index in [1.54, 1.807) is 0 Å². The Bertz CT molecular complexity index is 421. The van der Waals surface area contributed by atoms with Crippen LogP contribution >= 0.6 is 0 Å². The molecule has 18 heavy (non-hydrogen) atoms. The quantitative estimate of drug-likeness (QED) is 0.616. The van der Waals surface area contributed by atoms with Gasteiger partial charge in [0.25, 0.3) is 0 Å². The van der Waals surface area contributed by atoms with Gasteiger partial charge in [0, 0.05) is 12.7 Å². The predicted octanol–water partition coefficient (Wildman–Crippen LogP) is 2.38. The monoisotopic (exact) mass is 245 g/mol. The standard InChI is InChI=1S/C15H23N3/c1-12-9-17-18(11-12)6-2-5-16-10-15-8-13-3-4-14(15)7-13/h3-4,9,11,13-16H,2,5-8,10H2,1H3/t13-,14-,15-/m0/s1. The lowest BCUT2D eigenvalue weighted by Crippen LogP contribution is -2.26. The molecule has 3 rings (SSSR count). The zero-order valence-corrected chi connectivity index (χ0v) is 11.2. The van der Waals surface area contributed by atoms with E-state index in [1.807, 2.05) is 10.9 Å². The van der Waals surface area contributed by atoms with Crippen LogP contribution in [0.1, 0.15) is 24.8 Å². The average molecular weight is 245 g/mol. The summed E-state index contributed by atoms with van der Waals surface area (Å²) >= 11 is 0. The van der Waals surface area contributed by atoms with Crippen LogP contribution in [0.2, 0.25) is 0 Å². The molecule has 1 fully saturated rings. The molecule has 2 aliphatic carbocycles. The van der Waals surface area contributed by atoms with Crippen molar-refractivity contribution in [2.75, 3.05) is 13.1 Å². The van der Waals surface area contributed by atoms with Crippen LogP contribution in [0, 0.1) is 24.7 Å². The summed E-state index contributed by atoms with van der Waals surface area (Å²) in [6, 6.07) is 0. The van der Waals surface area contributed by atoms with Gasteiger partial charge in [0.15, 0.2) is 0 Å². The maximum atomic E-state index is 4.30. The van der Waals surface area contributed by atoms with Crippen LogP contribution in [-0.2, 0) is 6.54 Å². The largest absolute Gasteiger partial charge is 0.316 e. The van der Waals surface area contributed by atoms with Crippen molar-refractivity contribution in [2.24, 2.45) is 17.8 Å². The third-order valence-electron chi connectivity index (χ3n) is 4.33. The van der Waals surface area contributed by atoms with Crippen molar-refractivity contribution in [1.29, 1.82) is 0 Å². The van der Waals surface area contributed by atoms with Crippen molar-refractivity contribution < 1.29 is 0 Å². The van der Waals surface area contributed by atoms with Gasteiger partial charge < -0.3 is 5.32 Å². The zero-order valence-electron chi connectivity index (χ0n) is 11.2. The average Bonchev–Trinajstić information content (AvgIpc) is 3.05. The molecule has 98 valence electrons. The fourth-order valence-corrected chi connectivity index (χ4v) is 3.37. The molecule has 3 atom stereocenters. The van der Waals surface area contributed by atoms with E-state index in [2.05, 4.69) is 35.7 Å². The van der Waals surface area contributed by atoms with Crippen molar-refractivity contribution in [3.63, 3.8) is 0 Å². The summed E-state index contributed by atoms with van der Waals surface area (Å²) < 4.78 is 2.04. The molecule has 0 aromatic carbocycles. The number of allylic oxidation sites excluding steroid dienone is 2. The van der Waals surface area contributed by atoms with E-state index in [1.165, 1.54) is 24.9 Å². The molecule has 3 heteroatoms. The van der Waals surface area contributed by atoms with Crippen molar-refractivity contribution >= 4 is 0 Å². The van der Waals surface area contributed by atoms with Crippen molar-refractivity contribution in [3.8, 4) is 0 Å². The predicted molar refractivity (Wildman–Crippen MR) is 73.3 cm³/mol. The fraction of sp³-hybridized carbons (Fsp3) is 0.667. The number of rotatable bonds is 6. The third kappa shape index (κ3) is 2.66. The molecule has 1 aromatic rings. The van der Waals surface area contributed by atoms with E-state index in [0.717, 1.165) is 37.3 Å². The Morgan fingerprint density at radius 2 is 2.33 bits per heavy atom. The summed E-state index contributed by atoms with van der Waals surface area (Å²) in [6.07, 6.45) is 12.9. The Balaban J connectivity index is 1.30. The molecule has 0 radical (unpaired) electrons. The zero-order chi connectivity index (χ0) is 12.4. The molecule has 0 saturated heterocycles. The lowest BCUT2D eigenvalue weighted by atomic mass is 9.94. The van der Waals surface area contributed by atoms with E-state index >= 15 is 0 Å². The molecule has 0 unspecified atom stereocenters. The van der Waals surface area contributed by atoms with Gasteiger partial charge in [-0.05, 0) is 62.6 Å². The van der Waals surface area contributed by atoms with E-state index in [0.29, 0.717) is 0 Å². The molecule has 1 aromatic heterocycles. The van der Waals surface area contributed by atoms with Crippen LogP contribution in [0.15, 0.2) is 24.5 Å². The SMILES string of the molecule is Cc1cnn(CCCNC[C@@H]2C[C@H]3C=C[C@H]2C3)c1. The number of nitrogens with zero attached hydrogens (tertiary/aromatic N) is 2. The highest BCUT2D eigenvalue weighted by molar-refractivity contribution is 5.10. The molecule has 1 N–H and O–H groups in total. The molecular weight excluding hydrogens is 222 g/mol. The summed E-state index contributed by atoms with van der Waals surface area (Å²) in [7, 11) is 0. The Hall–Kier alpha value is -1.09. The van der Waals surface area contributed by atoms with Crippen molar-refractivity contribution in [2.45, 2.75) is 32.7 Å². The highest BCUT2D eigenvalue weighted by Gasteiger charge is 2.34. The second-order valence-electron chi connectivity index (χ2n) is 5.88. The Morgan fingerprint density at radius 1 is 1.39 bits per heavy atom. The summed E-state index contributed by atoms with van der Waals surface area (Å²) in [4.78, 5) is 0. The summed E-state index contributed by atoms with van der Waals surface area (Å²) in [5, 5.41) is 7.92. The van der Waals surface area contributed by atoms with E-state index < -0.39 is 0 Å². The van der Waals surface area contributed by atoms with Gasteiger partial charge in [-0.1, -0.05) is 12.2 Å². The van der Waals surface area contributed by atoms with Crippen LogP contribution in [0.3, 0.4) is 0 Å². The van der Waals surface area contributed by atoms with E-state index in [4.69, 9.17) is 0 Å².